The molecule has 6 amide bonds. The molecule has 0 fully saturated rings. The number of hydrogen-bond donors (Lipinski definition) is 6. The number of primary amides is 1. The van der Waals surface area contributed by atoms with Crippen molar-refractivity contribution >= 4 is 35.5 Å². The molecule has 1 aromatic carbocycles. The molecule has 2 atom stereocenters. The maximum atomic E-state index is 13.2. The summed E-state index contributed by atoms with van der Waals surface area (Å²) in [6.07, 6.45) is 1.25. The molecule has 0 saturated carbocycles. The van der Waals surface area contributed by atoms with Gasteiger partial charge in [0.05, 0.1) is 12.0 Å². The second-order valence-corrected chi connectivity index (χ2v) is 12.9. The van der Waals surface area contributed by atoms with E-state index in [4.69, 9.17) is 15.2 Å². The summed E-state index contributed by atoms with van der Waals surface area (Å²) in [4.78, 5) is 62.3. The van der Waals surface area contributed by atoms with Crippen LogP contribution in [0.2, 0.25) is 0 Å². The van der Waals surface area contributed by atoms with Crippen LogP contribution in [0.4, 0.5) is 15.3 Å². The topological polar surface area (TPSA) is 190 Å². The lowest BCUT2D eigenvalue weighted by Gasteiger charge is -2.25. The Morgan fingerprint density at radius 3 is 2.09 bits per heavy atom. The molecular formula is C31H52N6O7. The normalized spacial score (nSPS) is 12.9. The minimum atomic E-state index is -1.20. The Labute approximate surface area is 261 Å². The molecule has 248 valence electrons. The van der Waals surface area contributed by atoms with Gasteiger partial charge in [-0.05, 0) is 55.7 Å². The van der Waals surface area contributed by atoms with E-state index in [9.17, 15) is 24.0 Å². The Morgan fingerprint density at radius 2 is 1.55 bits per heavy atom. The predicted molar refractivity (Wildman–Crippen MR) is 169 cm³/mol. The number of nitrogens with two attached hydrogens (primary N) is 1. The number of nitrogens with one attached hydrogen (secondary N) is 5. The van der Waals surface area contributed by atoms with Crippen molar-refractivity contribution in [2.45, 2.75) is 86.9 Å². The lowest BCUT2D eigenvalue weighted by Crippen LogP contribution is -2.58. The predicted octanol–water partition coefficient (Wildman–Crippen LogP) is 3.03. The summed E-state index contributed by atoms with van der Waals surface area (Å²) >= 11 is 0. The van der Waals surface area contributed by atoms with Crippen LogP contribution in [0.3, 0.4) is 0 Å². The number of urea groups is 2. The van der Waals surface area contributed by atoms with E-state index in [1.165, 1.54) is 0 Å². The van der Waals surface area contributed by atoms with Gasteiger partial charge >= 0.3 is 18.0 Å². The van der Waals surface area contributed by atoms with Crippen molar-refractivity contribution in [1.29, 1.82) is 0 Å². The number of carbonyl (C=O) groups excluding carboxylic acids is 5. The second-order valence-electron chi connectivity index (χ2n) is 12.9. The smallest absolute Gasteiger partial charge is 0.315 e. The van der Waals surface area contributed by atoms with Crippen LogP contribution in [0, 0.1) is 16.7 Å². The van der Waals surface area contributed by atoms with E-state index in [-0.39, 0.29) is 30.5 Å². The van der Waals surface area contributed by atoms with Crippen molar-refractivity contribution in [3.8, 4) is 0 Å². The number of amides is 6. The molecule has 13 heteroatoms. The van der Waals surface area contributed by atoms with Crippen LogP contribution in [0.5, 0.6) is 0 Å². The van der Waals surface area contributed by atoms with Crippen LogP contribution in [-0.2, 0) is 30.5 Å². The summed E-state index contributed by atoms with van der Waals surface area (Å²) in [6, 6.07) is 3.10. The van der Waals surface area contributed by atoms with Gasteiger partial charge in [-0.1, -0.05) is 53.7 Å². The molecule has 0 heterocycles. The third kappa shape index (κ3) is 15.0. The highest BCUT2D eigenvalue weighted by Crippen LogP contribution is 2.22. The van der Waals surface area contributed by atoms with Gasteiger partial charge in [0, 0.05) is 25.4 Å². The molecule has 7 N–H and O–H groups in total. The second kappa shape index (κ2) is 18.1. The van der Waals surface area contributed by atoms with Crippen LogP contribution in [0.1, 0.15) is 73.8 Å². The number of anilines is 1. The van der Waals surface area contributed by atoms with E-state index >= 15 is 0 Å². The highest BCUT2D eigenvalue weighted by Gasteiger charge is 2.29. The fourth-order valence-electron chi connectivity index (χ4n) is 3.56. The highest BCUT2D eigenvalue weighted by molar-refractivity contribution is 5.98. The molecule has 1 rings (SSSR count). The standard InChI is InChI=1S/C31H52N6O7/c1-9-31(7,8)27(40)44-18-21-11-13-22(14-12-21)35-25(38)23(17-34-28(32)41)36-26(39)24(20(2)3)37-29(42)33-15-10-16-43-19-30(4,5)6/h11-14,20,23-24H,9-10,15-19H2,1-8H3,(H,35,38)(H,36,39)(H3,32,34,41)(H2,33,37,42). The first kappa shape index (κ1) is 38.2. The fourth-order valence-corrected chi connectivity index (χ4v) is 3.56. The zero-order valence-electron chi connectivity index (χ0n) is 27.4. The Bertz CT molecular complexity index is 1100. The molecule has 2 unspecified atom stereocenters. The van der Waals surface area contributed by atoms with Crippen molar-refractivity contribution in [3.63, 3.8) is 0 Å². The third-order valence-corrected chi connectivity index (χ3v) is 6.66. The zero-order valence-corrected chi connectivity index (χ0v) is 27.4. The van der Waals surface area contributed by atoms with Crippen molar-refractivity contribution in [2.24, 2.45) is 22.5 Å². The largest absolute Gasteiger partial charge is 0.460 e. The van der Waals surface area contributed by atoms with Crippen molar-refractivity contribution in [1.82, 2.24) is 21.3 Å². The summed E-state index contributed by atoms with van der Waals surface area (Å²) < 4.78 is 11.0. The van der Waals surface area contributed by atoms with E-state index in [2.05, 4.69) is 47.4 Å². The van der Waals surface area contributed by atoms with Crippen molar-refractivity contribution in [3.05, 3.63) is 29.8 Å². The van der Waals surface area contributed by atoms with Gasteiger partial charge in [0.25, 0.3) is 0 Å². The minimum Gasteiger partial charge on any atom is -0.460 e. The summed E-state index contributed by atoms with van der Waals surface area (Å²) in [5.41, 5.74) is 5.81. The quantitative estimate of drug-likeness (QED) is 0.114. The van der Waals surface area contributed by atoms with Gasteiger partial charge in [0.15, 0.2) is 0 Å². The number of hydrogen-bond acceptors (Lipinski definition) is 7. The van der Waals surface area contributed by atoms with Gasteiger partial charge in [0.1, 0.15) is 18.7 Å². The van der Waals surface area contributed by atoms with Crippen LogP contribution >= 0.6 is 0 Å². The molecule has 44 heavy (non-hydrogen) atoms. The van der Waals surface area contributed by atoms with Gasteiger partial charge in [-0.25, -0.2) is 9.59 Å². The average Bonchev–Trinajstić information content (AvgIpc) is 2.94. The molecule has 1 aromatic rings. The van der Waals surface area contributed by atoms with E-state index in [1.54, 1.807) is 38.1 Å². The molecule has 0 aliphatic rings. The van der Waals surface area contributed by atoms with Gasteiger partial charge in [-0.2, -0.15) is 0 Å². The van der Waals surface area contributed by atoms with Gasteiger partial charge < -0.3 is 41.8 Å². The SMILES string of the molecule is CCC(C)(C)C(=O)OCc1ccc(NC(=O)C(CNC(N)=O)NC(=O)C(NC(=O)NCCCOCC(C)(C)C)C(C)C)cc1. The summed E-state index contributed by atoms with van der Waals surface area (Å²) in [6.45, 7) is 16.5. The number of rotatable bonds is 17. The molecule has 13 nitrogen and oxygen atoms in total. The van der Waals surface area contributed by atoms with Crippen molar-refractivity contribution in [2.75, 3.05) is 31.6 Å². The van der Waals surface area contributed by atoms with Gasteiger partial charge in [-0.15, -0.1) is 0 Å². The molecule has 0 saturated heterocycles. The molecule has 0 radical (unpaired) electrons. The maximum Gasteiger partial charge on any atom is 0.315 e. The average molecular weight is 621 g/mol. The zero-order chi connectivity index (χ0) is 33.5. The number of esters is 1. The summed E-state index contributed by atoms with van der Waals surface area (Å²) in [5, 5.41) is 13.0. The molecule has 0 spiro atoms. The summed E-state index contributed by atoms with van der Waals surface area (Å²) in [5.74, 6) is -1.83. The van der Waals surface area contributed by atoms with Crippen LogP contribution in [-0.4, -0.2) is 68.2 Å². The lowest BCUT2D eigenvalue weighted by molar-refractivity contribution is -0.155. The number of ether oxygens (including phenoxy) is 2. The van der Waals surface area contributed by atoms with E-state index in [0.29, 0.717) is 38.3 Å². The monoisotopic (exact) mass is 620 g/mol. The van der Waals surface area contributed by atoms with E-state index in [1.807, 2.05) is 20.8 Å². The highest BCUT2D eigenvalue weighted by atomic mass is 16.5. The third-order valence-electron chi connectivity index (χ3n) is 6.66. The maximum absolute atomic E-state index is 13.2. The van der Waals surface area contributed by atoms with E-state index < -0.39 is 41.4 Å². The van der Waals surface area contributed by atoms with Gasteiger partial charge in [0.2, 0.25) is 11.8 Å². The lowest BCUT2D eigenvalue weighted by atomic mass is 9.91. The van der Waals surface area contributed by atoms with Crippen molar-refractivity contribution < 1.29 is 33.4 Å². The molecular weight excluding hydrogens is 568 g/mol. The molecule has 0 bridgehead atoms. The number of benzene rings is 1. The first-order valence-electron chi connectivity index (χ1n) is 15.0. The first-order chi connectivity index (χ1) is 20.4. The Morgan fingerprint density at radius 1 is 0.909 bits per heavy atom. The fraction of sp³-hybridized carbons (Fsp3) is 0.645. The van der Waals surface area contributed by atoms with E-state index in [0.717, 1.165) is 5.56 Å². The van der Waals surface area contributed by atoms with Crippen LogP contribution in [0.25, 0.3) is 0 Å². The van der Waals surface area contributed by atoms with Gasteiger partial charge in [-0.3, -0.25) is 14.4 Å². The minimum absolute atomic E-state index is 0.0541. The van der Waals surface area contributed by atoms with Crippen LogP contribution in [0.15, 0.2) is 24.3 Å². The Balaban J connectivity index is 2.77. The first-order valence-corrected chi connectivity index (χ1v) is 15.0. The Kier molecular flexibility index (Phi) is 15.7. The molecule has 0 aliphatic carbocycles. The molecule has 0 aromatic heterocycles. The van der Waals surface area contributed by atoms with Crippen LogP contribution < -0.4 is 32.3 Å². The Hall–Kier alpha value is -3.87. The number of carbonyl (C=O) groups is 5. The summed E-state index contributed by atoms with van der Waals surface area (Å²) in [7, 11) is 0. The molecule has 0 aliphatic heterocycles.